The Morgan fingerprint density at radius 2 is 1.61 bits per heavy atom. The Bertz CT molecular complexity index is 889. The lowest BCUT2D eigenvalue weighted by atomic mass is 9.89. The molecule has 38 heavy (non-hydrogen) atoms. The molecule has 6 amide bonds. The van der Waals surface area contributed by atoms with Crippen molar-refractivity contribution in [2.24, 2.45) is 23.5 Å². The van der Waals surface area contributed by atoms with Crippen LogP contribution in [0.1, 0.15) is 80.9 Å². The molecule has 0 bridgehead atoms. The van der Waals surface area contributed by atoms with Crippen LogP contribution >= 0.6 is 0 Å². The van der Waals surface area contributed by atoms with Gasteiger partial charge in [-0.1, -0.05) is 34.1 Å². The maximum absolute atomic E-state index is 13.3. The highest BCUT2D eigenvalue weighted by Gasteiger charge is 2.30. The van der Waals surface area contributed by atoms with E-state index in [2.05, 4.69) is 16.0 Å². The van der Waals surface area contributed by atoms with Crippen LogP contribution in [-0.4, -0.2) is 65.5 Å². The van der Waals surface area contributed by atoms with Crippen LogP contribution in [-0.2, 0) is 24.0 Å². The lowest BCUT2D eigenvalue weighted by molar-refractivity contribution is -0.137. The van der Waals surface area contributed by atoms with Gasteiger partial charge in [0.15, 0.2) is 5.78 Å². The molecule has 0 aromatic carbocycles. The zero-order valence-electron chi connectivity index (χ0n) is 24.1. The second-order valence-electron chi connectivity index (χ2n) is 10.4. The van der Waals surface area contributed by atoms with Gasteiger partial charge in [0.05, 0.1) is 6.04 Å². The Kier molecular flexibility index (Phi) is 13.5. The molecule has 1 aliphatic heterocycles. The summed E-state index contributed by atoms with van der Waals surface area (Å²) in [7, 11) is 0. The standard InChI is InChI=1S/C27H45N5O6/c1-17(2)19(5)30-26(37)20(10-9-14-29-27(28)38)16-21(33)25(18(3)4)31-22(34)11-7-6-8-15-32-23(35)12-13-24(32)36/h12-13,17-20,25H,6-11,14-16H2,1-5H3,(H,30,37)(H,31,34)(H3,28,29,38)/t19-,20?,25-/m0/s1/i5D. The first-order valence-electron chi connectivity index (χ1n) is 14.1. The molecule has 1 heterocycles. The number of nitrogens with one attached hydrogen (secondary N) is 3. The minimum absolute atomic E-state index is 0.0134. The number of carbonyl (C=O) groups excluding carboxylic acids is 6. The highest BCUT2D eigenvalue weighted by molar-refractivity contribution is 6.12. The molecule has 0 fully saturated rings. The van der Waals surface area contributed by atoms with Crippen molar-refractivity contribution >= 4 is 35.4 Å². The van der Waals surface area contributed by atoms with Crippen LogP contribution in [0.5, 0.6) is 0 Å². The second-order valence-corrected chi connectivity index (χ2v) is 10.4. The number of hydrogen-bond donors (Lipinski definition) is 4. The summed E-state index contributed by atoms with van der Waals surface area (Å²) in [4.78, 5) is 74.2. The van der Waals surface area contributed by atoms with Gasteiger partial charge in [0.1, 0.15) is 0 Å². The zero-order chi connectivity index (χ0) is 29.5. The molecule has 1 unspecified atom stereocenters. The van der Waals surface area contributed by atoms with E-state index in [4.69, 9.17) is 7.10 Å². The SMILES string of the molecule is [2H]C[C@H](NC(=O)C(CCCNC(N)=O)CC(=O)[C@@H](NC(=O)CCCCCN1C(=O)C=CC1=O)C(C)C)C(C)C. The number of Topliss-reactive ketones (excluding diaryl/α,β-unsaturated/α-hetero) is 1. The van der Waals surface area contributed by atoms with Crippen molar-refractivity contribution in [2.75, 3.05) is 13.1 Å². The van der Waals surface area contributed by atoms with E-state index in [1.54, 1.807) is 0 Å². The van der Waals surface area contributed by atoms with Crippen LogP contribution < -0.4 is 21.7 Å². The molecule has 11 heteroatoms. The van der Waals surface area contributed by atoms with Gasteiger partial charge in [-0.3, -0.25) is 28.9 Å². The summed E-state index contributed by atoms with van der Waals surface area (Å²) in [5.41, 5.74) is 5.10. The third-order valence-corrected chi connectivity index (χ3v) is 6.50. The summed E-state index contributed by atoms with van der Waals surface area (Å²) in [5.74, 6) is -2.34. The Labute approximate surface area is 227 Å². The quantitative estimate of drug-likeness (QED) is 0.154. The number of primary amides is 1. The predicted molar refractivity (Wildman–Crippen MR) is 143 cm³/mol. The summed E-state index contributed by atoms with van der Waals surface area (Å²) in [6, 6.07) is -1.78. The molecule has 3 atom stereocenters. The molecule has 0 aromatic heterocycles. The first kappa shape index (κ1) is 31.0. The van der Waals surface area contributed by atoms with Gasteiger partial charge in [-0.25, -0.2) is 4.79 Å². The molecule has 1 aliphatic rings. The molecule has 0 aromatic rings. The molecular formula is C27H45N5O6. The summed E-state index contributed by atoms with van der Waals surface area (Å²) >= 11 is 0. The molecule has 0 saturated carbocycles. The number of hydrogen-bond acceptors (Lipinski definition) is 6. The van der Waals surface area contributed by atoms with Crippen molar-refractivity contribution in [1.82, 2.24) is 20.9 Å². The van der Waals surface area contributed by atoms with Gasteiger partial charge in [0.2, 0.25) is 11.8 Å². The third-order valence-electron chi connectivity index (χ3n) is 6.50. The first-order valence-corrected chi connectivity index (χ1v) is 13.4. The first-order chi connectivity index (χ1) is 18.4. The van der Waals surface area contributed by atoms with Gasteiger partial charge >= 0.3 is 6.03 Å². The molecule has 11 nitrogen and oxygen atoms in total. The average molecular weight is 537 g/mol. The molecule has 0 aliphatic carbocycles. The van der Waals surface area contributed by atoms with Crippen LogP contribution in [0.2, 0.25) is 0 Å². The Balaban J connectivity index is 2.67. The molecular weight excluding hydrogens is 490 g/mol. The summed E-state index contributed by atoms with van der Waals surface area (Å²) in [5, 5.41) is 8.15. The van der Waals surface area contributed by atoms with Crippen LogP contribution in [0, 0.1) is 17.8 Å². The van der Waals surface area contributed by atoms with Crippen molar-refractivity contribution < 1.29 is 30.1 Å². The van der Waals surface area contributed by atoms with Crippen molar-refractivity contribution in [3.8, 4) is 0 Å². The average Bonchev–Trinajstić information content (AvgIpc) is 3.18. The lowest BCUT2D eigenvalue weighted by Gasteiger charge is -2.25. The van der Waals surface area contributed by atoms with E-state index in [0.29, 0.717) is 38.6 Å². The number of imide groups is 1. The van der Waals surface area contributed by atoms with E-state index in [9.17, 15) is 28.8 Å². The molecule has 5 N–H and O–H groups in total. The highest BCUT2D eigenvalue weighted by atomic mass is 16.2. The number of unbranched alkanes of at least 4 members (excludes halogenated alkanes) is 2. The van der Waals surface area contributed by atoms with Crippen LogP contribution in [0.25, 0.3) is 0 Å². The molecule has 0 spiro atoms. The Morgan fingerprint density at radius 1 is 0.947 bits per heavy atom. The summed E-state index contributed by atoms with van der Waals surface area (Å²) in [6.45, 7) is 8.03. The molecule has 1 rings (SSSR count). The number of rotatable bonds is 18. The fourth-order valence-electron chi connectivity index (χ4n) is 3.97. The van der Waals surface area contributed by atoms with Crippen molar-refractivity contribution in [1.29, 1.82) is 0 Å². The predicted octanol–water partition coefficient (Wildman–Crippen LogP) is 1.80. The van der Waals surface area contributed by atoms with Crippen LogP contribution in [0.3, 0.4) is 0 Å². The fraction of sp³-hybridized carbons (Fsp3) is 0.704. The lowest BCUT2D eigenvalue weighted by Crippen LogP contribution is -2.46. The second kappa shape index (κ2) is 16.6. The zero-order valence-corrected chi connectivity index (χ0v) is 23.1. The number of carbonyl (C=O) groups is 6. The number of nitrogens with zero attached hydrogens (tertiary/aromatic N) is 1. The summed E-state index contributed by atoms with van der Waals surface area (Å²) < 4.78 is 7.70. The van der Waals surface area contributed by atoms with Gasteiger partial charge in [0, 0.05) is 51.4 Å². The van der Waals surface area contributed by atoms with Crippen molar-refractivity contribution in [3.63, 3.8) is 0 Å². The third kappa shape index (κ3) is 11.9. The van der Waals surface area contributed by atoms with Gasteiger partial charge in [-0.05, 0) is 44.4 Å². The van der Waals surface area contributed by atoms with E-state index in [1.807, 2.05) is 27.7 Å². The van der Waals surface area contributed by atoms with Crippen molar-refractivity contribution in [3.05, 3.63) is 12.2 Å². The van der Waals surface area contributed by atoms with E-state index in [1.165, 1.54) is 12.2 Å². The number of ketones is 1. The molecule has 214 valence electrons. The normalized spacial score (nSPS) is 15.8. The van der Waals surface area contributed by atoms with Gasteiger partial charge in [-0.15, -0.1) is 0 Å². The number of amides is 6. The molecule has 0 radical (unpaired) electrons. The minimum Gasteiger partial charge on any atom is -0.353 e. The van der Waals surface area contributed by atoms with E-state index in [0.717, 1.165) is 4.90 Å². The fourth-order valence-corrected chi connectivity index (χ4v) is 3.97. The smallest absolute Gasteiger partial charge is 0.312 e. The maximum atomic E-state index is 13.3. The van der Waals surface area contributed by atoms with Gasteiger partial charge < -0.3 is 21.7 Å². The largest absolute Gasteiger partial charge is 0.353 e. The van der Waals surface area contributed by atoms with Gasteiger partial charge in [-0.2, -0.15) is 0 Å². The Hall–Kier alpha value is -3.24. The molecule has 0 saturated heterocycles. The Morgan fingerprint density at radius 3 is 2.16 bits per heavy atom. The van der Waals surface area contributed by atoms with Crippen LogP contribution in [0.4, 0.5) is 4.79 Å². The van der Waals surface area contributed by atoms with Crippen molar-refractivity contribution in [2.45, 2.75) is 91.6 Å². The van der Waals surface area contributed by atoms with E-state index < -0.39 is 18.0 Å². The number of nitrogens with two attached hydrogens (primary N) is 1. The summed E-state index contributed by atoms with van der Waals surface area (Å²) in [6.07, 6.45) is 5.11. The van der Waals surface area contributed by atoms with Crippen LogP contribution in [0.15, 0.2) is 12.2 Å². The van der Waals surface area contributed by atoms with E-state index >= 15 is 0 Å². The minimum atomic E-state index is -0.764. The van der Waals surface area contributed by atoms with Gasteiger partial charge in [0.25, 0.3) is 11.8 Å². The highest BCUT2D eigenvalue weighted by Crippen LogP contribution is 2.18. The van der Waals surface area contributed by atoms with E-state index in [-0.39, 0.29) is 73.6 Å². The number of urea groups is 1. The monoisotopic (exact) mass is 536 g/mol. The maximum Gasteiger partial charge on any atom is 0.312 e. The topological polar surface area (TPSA) is 168 Å².